The van der Waals surface area contributed by atoms with E-state index in [1.165, 1.54) is 20.8 Å². The molecule has 0 spiro atoms. The Labute approximate surface area is 127 Å². The molecule has 0 radical (unpaired) electrons. The van der Waals surface area contributed by atoms with Gasteiger partial charge in [0.15, 0.2) is 0 Å². The van der Waals surface area contributed by atoms with E-state index in [0.29, 0.717) is 5.56 Å². The van der Waals surface area contributed by atoms with E-state index in [4.69, 9.17) is 28.3 Å². The number of benzene rings is 1. The van der Waals surface area contributed by atoms with Crippen LogP contribution < -0.4 is 4.72 Å². The average Bonchev–Trinajstić information content (AvgIpc) is 2.24. The Balaban J connectivity index is 3.49. The lowest BCUT2D eigenvalue weighted by atomic mass is 10.1. The van der Waals surface area contributed by atoms with Gasteiger partial charge in [0.25, 0.3) is 0 Å². The number of hydrogen-bond donors (Lipinski definition) is 2. The number of hydrogen-bond acceptors (Lipinski definition) is 3. The van der Waals surface area contributed by atoms with E-state index in [2.05, 4.69) is 4.72 Å². The number of halogens is 2. The molecule has 0 aliphatic carbocycles. The van der Waals surface area contributed by atoms with Crippen LogP contribution in [0.1, 0.15) is 25.0 Å². The van der Waals surface area contributed by atoms with Crippen LogP contribution in [0.5, 0.6) is 0 Å². The van der Waals surface area contributed by atoms with Crippen LogP contribution in [0.25, 0.3) is 0 Å². The van der Waals surface area contributed by atoms with E-state index in [9.17, 15) is 13.2 Å². The van der Waals surface area contributed by atoms with Crippen molar-refractivity contribution in [3.05, 3.63) is 27.2 Å². The molecule has 0 heterocycles. The summed E-state index contributed by atoms with van der Waals surface area (Å²) in [5, 5.41) is 9.29. The van der Waals surface area contributed by atoms with E-state index in [-0.39, 0.29) is 20.5 Å². The van der Waals surface area contributed by atoms with Crippen LogP contribution in [0.15, 0.2) is 11.0 Å². The van der Waals surface area contributed by atoms with Gasteiger partial charge in [-0.1, -0.05) is 23.2 Å². The van der Waals surface area contributed by atoms with Gasteiger partial charge in [0.2, 0.25) is 10.0 Å². The van der Waals surface area contributed by atoms with Gasteiger partial charge in [0.1, 0.15) is 10.4 Å². The van der Waals surface area contributed by atoms with Crippen molar-refractivity contribution in [1.82, 2.24) is 4.72 Å². The molecular formula is C12H15Cl2NO4S. The fraction of sp³-hybridized carbons (Fsp3) is 0.417. The van der Waals surface area contributed by atoms with Crippen LogP contribution in [-0.2, 0) is 14.8 Å². The first-order valence-electron chi connectivity index (χ1n) is 5.62. The summed E-state index contributed by atoms with van der Waals surface area (Å²) in [6, 6.07) is 1.56. The molecule has 0 aliphatic rings. The van der Waals surface area contributed by atoms with Gasteiger partial charge in [0, 0.05) is 5.02 Å². The van der Waals surface area contributed by atoms with E-state index in [0.717, 1.165) is 0 Å². The summed E-state index contributed by atoms with van der Waals surface area (Å²) < 4.78 is 26.9. The molecule has 0 saturated carbocycles. The topological polar surface area (TPSA) is 83.5 Å². The van der Waals surface area contributed by atoms with Gasteiger partial charge in [-0.25, -0.2) is 8.42 Å². The van der Waals surface area contributed by atoms with Crippen molar-refractivity contribution < 1.29 is 18.3 Å². The molecule has 5 nitrogen and oxygen atoms in total. The molecule has 0 aliphatic heterocycles. The summed E-state index contributed by atoms with van der Waals surface area (Å²) in [6.07, 6.45) is 0. The minimum absolute atomic E-state index is 0.0283. The number of aliphatic carboxylic acids is 1. The molecule has 0 saturated heterocycles. The summed E-state index contributed by atoms with van der Waals surface area (Å²) in [5.74, 6) is -1.30. The van der Waals surface area contributed by atoms with Crippen molar-refractivity contribution in [1.29, 1.82) is 0 Å². The van der Waals surface area contributed by atoms with Gasteiger partial charge in [-0.05, 0) is 44.9 Å². The molecule has 1 rings (SSSR count). The van der Waals surface area contributed by atoms with Crippen molar-refractivity contribution in [2.24, 2.45) is 0 Å². The van der Waals surface area contributed by atoms with Crippen LogP contribution in [0.4, 0.5) is 0 Å². The van der Waals surface area contributed by atoms with E-state index in [1.807, 2.05) is 0 Å². The highest BCUT2D eigenvalue weighted by atomic mass is 35.5. The molecule has 0 unspecified atom stereocenters. The molecule has 1 aromatic rings. The number of aryl methyl sites for hydroxylation is 1. The number of rotatable bonds is 4. The third-order valence-electron chi connectivity index (χ3n) is 2.78. The SMILES string of the molecule is Cc1cc(Cl)c(C)c(S(=O)(=O)NC(C)(C)C(=O)O)c1Cl. The summed E-state index contributed by atoms with van der Waals surface area (Å²) in [4.78, 5) is 10.9. The molecule has 0 amide bonds. The standard InChI is InChI=1S/C12H15Cl2NO4S/c1-6-5-8(13)7(2)10(9(6)14)20(18,19)15-12(3,4)11(16)17/h5,15H,1-4H3,(H,16,17). The van der Waals surface area contributed by atoms with Crippen molar-refractivity contribution in [2.75, 3.05) is 0 Å². The maximum Gasteiger partial charge on any atom is 0.324 e. The monoisotopic (exact) mass is 339 g/mol. The predicted octanol–water partition coefficient (Wildman–Crippen LogP) is 2.75. The van der Waals surface area contributed by atoms with Crippen LogP contribution >= 0.6 is 23.2 Å². The molecule has 0 fully saturated rings. The zero-order valence-electron chi connectivity index (χ0n) is 11.4. The fourth-order valence-electron chi connectivity index (χ4n) is 1.56. The van der Waals surface area contributed by atoms with Crippen molar-refractivity contribution >= 4 is 39.2 Å². The fourth-order valence-corrected chi connectivity index (χ4v) is 4.15. The Bertz CT molecular complexity index is 642. The Hall–Kier alpha value is -0.820. The largest absolute Gasteiger partial charge is 0.480 e. The van der Waals surface area contributed by atoms with Gasteiger partial charge in [-0.2, -0.15) is 4.72 Å². The predicted molar refractivity (Wildman–Crippen MR) is 78.0 cm³/mol. The van der Waals surface area contributed by atoms with Crippen LogP contribution in [0.2, 0.25) is 10.0 Å². The maximum absolute atomic E-state index is 12.4. The molecule has 1 aromatic carbocycles. The molecule has 0 atom stereocenters. The van der Waals surface area contributed by atoms with E-state index < -0.39 is 21.5 Å². The summed E-state index contributed by atoms with van der Waals surface area (Å²) >= 11 is 12.0. The van der Waals surface area contributed by atoms with Gasteiger partial charge >= 0.3 is 5.97 Å². The zero-order chi connectivity index (χ0) is 15.9. The second-order valence-corrected chi connectivity index (χ2v) is 7.38. The van der Waals surface area contributed by atoms with Crippen LogP contribution in [-0.4, -0.2) is 25.0 Å². The highest BCUT2D eigenvalue weighted by Gasteiger charge is 2.35. The average molecular weight is 340 g/mol. The number of carboxylic acids is 1. The molecule has 8 heteroatoms. The van der Waals surface area contributed by atoms with Crippen molar-refractivity contribution in [2.45, 2.75) is 38.1 Å². The van der Waals surface area contributed by atoms with Gasteiger partial charge in [-0.15, -0.1) is 0 Å². The minimum atomic E-state index is -4.12. The molecule has 20 heavy (non-hydrogen) atoms. The molecular weight excluding hydrogens is 325 g/mol. The zero-order valence-corrected chi connectivity index (χ0v) is 13.7. The van der Waals surface area contributed by atoms with Crippen LogP contribution in [0.3, 0.4) is 0 Å². The lowest BCUT2D eigenvalue weighted by molar-refractivity contribution is -0.142. The normalized spacial score (nSPS) is 12.5. The Morgan fingerprint density at radius 2 is 1.80 bits per heavy atom. The first kappa shape index (κ1) is 17.2. The number of carbonyl (C=O) groups is 1. The number of nitrogens with one attached hydrogen (secondary N) is 1. The van der Waals surface area contributed by atoms with E-state index in [1.54, 1.807) is 13.0 Å². The second-order valence-electron chi connectivity index (χ2n) is 4.98. The van der Waals surface area contributed by atoms with E-state index >= 15 is 0 Å². The third-order valence-corrected chi connectivity index (χ3v) is 5.60. The molecule has 2 N–H and O–H groups in total. The highest BCUT2D eigenvalue weighted by molar-refractivity contribution is 7.89. The van der Waals surface area contributed by atoms with Gasteiger partial charge in [0.05, 0.1) is 5.02 Å². The lowest BCUT2D eigenvalue weighted by Crippen LogP contribution is -2.49. The number of carboxylic acid groups (broad SMARTS) is 1. The molecule has 0 bridgehead atoms. The quantitative estimate of drug-likeness (QED) is 0.883. The lowest BCUT2D eigenvalue weighted by Gasteiger charge is -2.22. The summed E-state index contributed by atoms with van der Waals surface area (Å²) in [7, 11) is -4.12. The van der Waals surface area contributed by atoms with Crippen molar-refractivity contribution in [3.63, 3.8) is 0 Å². The third kappa shape index (κ3) is 3.25. The summed E-state index contributed by atoms with van der Waals surface area (Å²) in [5.41, 5.74) is -0.892. The Morgan fingerprint density at radius 3 is 2.25 bits per heavy atom. The Morgan fingerprint density at radius 1 is 1.30 bits per heavy atom. The first-order valence-corrected chi connectivity index (χ1v) is 7.86. The van der Waals surface area contributed by atoms with Gasteiger partial charge < -0.3 is 5.11 Å². The van der Waals surface area contributed by atoms with Crippen molar-refractivity contribution in [3.8, 4) is 0 Å². The first-order chi connectivity index (χ1) is 8.90. The maximum atomic E-state index is 12.4. The van der Waals surface area contributed by atoms with Gasteiger partial charge in [-0.3, -0.25) is 4.79 Å². The minimum Gasteiger partial charge on any atom is -0.480 e. The molecule has 112 valence electrons. The van der Waals surface area contributed by atoms with Crippen LogP contribution in [0, 0.1) is 13.8 Å². The highest BCUT2D eigenvalue weighted by Crippen LogP contribution is 2.33. The molecule has 0 aromatic heterocycles. The number of sulfonamides is 1. The smallest absolute Gasteiger partial charge is 0.324 e. The second kappa shape index (κ2) is 5.52. The Kier molecular flexibility index (Phi) is 4.76. The summed E-state index contributed by atoms with van der Waals surface area (Å²) in [6.45, 7) is 5.62.